The van der Waals surface area contributed by atoms with E-state index in [9.17, 15) is 4.79 Å². The molecule has 0 aromatic carbocycles. The summed E-state index contributed by atoms with van der Waals surface area (Å²) in [6.45, 7) is 5.95. The third-order valence-corrected chi connectivity index (χ3v) is 3.24. The number of ether oxygens (including phenoxy) is 1. The standard InChI is InChI=1S/C14H21N3O2/c1-10(2)19-12-4-3-6-16-13(12)14(18)17-7-5-11(8-15)9-17/h3-4,6,10-11H,5,7-9,15H2,1-2H3. The monoisotopic (exact) mass is 263 g/mol. The van der Waals surface area contributed by atoms with Gasteiger partial charge < -0.3 is 15.4 Å². The van der Waals surface area contributed by atoms with Crippen LogP contribution in [0.15, 0.2) is 18.3 Å². The first-order chi connectivity index (χ1) is 9.11. The van der Waals surface area contributed by atoms with E-state index in [1.807, 2.05) is 18.7 Å². The van der Waals surface area contributed by atoms with Crippen LogP contribution in [0.5, 0.6) is 5.75 Å². The predicted molar refractivity (Wildman–Crippen MR) is 73.1 cm³/mol. The molecule has 2 N–H and O–H groups in total. The van der Waals surface area contributed by atoms with Crippen LogP contribution in [-0.4, -0.2) is 41.5 Å². The van der Waals surface area contributed by atoms with E-state index in [0.717, 1.165) is 13.0 Å². The summed E-state index contributed by atoms with van der Waals surface area (Å²) in [6, 6.07) is 3.57. The number of hydrogen-bond acceptors (Lipinski definition) is 4. The Morgan fingerprint density at radius 2 is 2.42 bits per heavy atom. The molecule has 0 saturated carbocycles. The topological polar surface area (TPSA) is 68.5 Å². The van der Waals surface area contributed by atoms with Crippen LogP contribution in [0, 0.1) is 5.92 Å². The van der Waals surface area contributed by atoms with Crippen molar-refractivity contribution in [2.45, 2.75) is 26.4 Å². The molecule has 1 aromatic rings. The summed E-state index contributed by atoms with van der Waals surface area (Å²) in [6.07, 6.45) is 2.61. The second-order valence-corrected chi connectivity index (χ2v) is 5.16. The third-order valence-electron chi connectivity index (χ3n) is 3.24. The lowest BCUT2D eigenvalue weighted by Crippen LogP contribution is -2.31. The number of nitrogens with zero attached hydrogens (tertiary/aromatic N) is 2. The van der Waals surface area contributed by atoms with E-state index in [1.54, 1.807) is 18.3 Å². The Balaban J connectivity index is 2.15. The van der Waals surface area contributed by atoms with Gasteiger partial charge in [-0.2, -0.15) is 0 Å². The Hall–Kier alpha value is -1.62. The summed E-state index contributed by atoms with van der Waals surface area (Å²) in [5, 5.41) is 0. The number of carbonyl (C=O) groups excluding carboxylic acids is 1. The van der Waals surface area contributed by atoms with Crippen LogP contribution >= 0.6 is 0 Å². The molecule has 1 aromatic heterocycles. The van der Waals surface area contributed by atoms with Crippen molar-refractivity contribution >= 4 is 5.91 Å². The highest BCUT2D eigenvalue weighted by Gasteiger charge is 2.28. The molecule has 2 rings (SSSR count). The number of amides is 1. The highest BCUT2D eigenvalue weighted by molar-refractivity contribution is 5.95. The van der Waals surface area contributed by atoms with Gasteiger partial charge in [0.25, 0.3) is 5.91 Å². The average Bonchev–Trinajstić information content (AvgIpc) is 2.86. The Morgan fingerprint density at radius 3 is 3.05 bits per heavy atom. The highest BCUT2D eigenvalue weighted by Crippen LogP contribution is 2.22. The van der Waals surface area contributed by atoms with Gasteiger partial charge in [-0.15, -0.1) is 0 Å². The van der Waals surface area contributed by atoms with Crippen molar-refractivity contribution in [2.24, 2.45) is 11.7 Å². The molecule has 0 radical (unpaired) electrons. The first kappa shape index (κ1) is 13.8. The smallest absolute Gasteiger partial charge is 0.276 e. The summed E-state index contributed by atoms with van der Waals surface area (Å²) in [7, 11) is 0. The lowest BCUT2D eigenvalue weighted by Gasteiger charge is -2.18. The molecule has 0 spiro atoms. The van der Waals surface area contributed by atoms with Gasteiger partial charge in [-0.3, -0.25) is 4.79 Å². The molecule has 1 aliphatic heterocycles. The lowest BCUT2D eigenvalue weighted by atomic mass is 10.1. The van der Waals surface area contributed by atoms with Crippen molar-refractivity contribution in [3.05, 3.63) is 24.0 Å². The maximum Gasteiger partial charge on any atom is 0.276 e. The fourth-order valence-corrected chi connectivity index (χ4v) is 2.26. The van der Waals surface area contributed by atoms with Crippen LogP contribution in [0.2, 0.25) is 0 Å². The molecule has 1 fully saturated rings. The average molecular weight is 263 g/mol. The summed E-state index contributed by atoms with van der Waals surface area (Å²) in [5.74, 6) is 0.896. The Kier molecular flexibility index (Phi) is 4.37. The van der Waals surface area contributed by atoms with Gasteiger partial charge >= 0.3 is 0 Å². The zero-order valence-corrected chi connectivity index (χ0v) is 11.5. The molecule has 5 nitrogen and oxygen atoms in total. The van der Waals surface area contributed by atoms with Crippen LogP contribution in [0.25, 0.3) is 0 Å². The zero-order valence-electron chi connectivity index (χ0n) is 11.5. The van der Waals surface area contributed by atoms with Gasteiger partial charge in [-0.05, 0) is 44.9 Å². The van der Waals surface area contributed by atoms with Crippen LogP contribution < -0.4 is 10.5 Å². The van der Waals surface area contributed by atoms with E-state index in [-0.39, 0.29) is 12.0 Å². The minimum absolute atomic E-state index is 0.0196. The minimum Gasteiger partial charge on any atom is -0.489 e. The van der Waals surface area contributed by atoms with Gasteiger partial charge in [0.05, 0.1) is 6.10 Å². The van der Waals surface area contributed by atoms with Crippen molar-refractivity contribution in [1.82, 2.24) is 9.88 Å². The number of pyridine rings is 1. The van der Waals surface area contributed by atoms with Gasteiger partial charge in [0.2, 0.25) is 0 Å². The van der Waals surface area contributed by atoms with Crippen LogP contribution in [-0.2, 0) is 0 Å². The van der Waals surface area contributed by atoms with Crippen LogP contribution in [0.4, 0.5) is 0 Å². The van der Waals surface area contributed by atoms with Crippen molar-refractivity contribution in [1.29, 1.82) is 0 Å². The van der Waals surface area contributed by atoms with Crippen LogP contribution in [0.1, 0.15) is 30.8 Å². The molecular formula is C14H21N3O2. The van der Waals surface area contributed by atoms with Gasteiger partial charge in [0, 0.05) is 19.3 Å². The Morgan fingerprint density at radius 1 is 1.63 bits per heavy atom. The third kappa shape index (κ3) is 3.23. The van der Waals surface area contributed by atoms with Gasteiger partial charge in [0.15, 0.2) is 11.4 Å². The molecule has 5 heteroatoms. The zero-order chi connectivity index (χ0) is 13.8. The maximum absolute atomic E-state index is 12.5. The molecule has 0 aliphatic carbocycles. The second-order valence-electron chi connectivity index (χ2n) is 5.16. The van der Waals surface area contributed by atoms with Crippen molar-refractivity contribution < 1.29 is 9.53 Å². The maximum atomic E-state index is 12.5. The summed E-state index contributed by atoms with van der Waals surface area (Å²) in [5.41, 5.74) is 6.05. The normalized spacial score (nSPS) is 18.9. The Labute approximate surface area is 113 Å². The molecule has 1 aliphatic rings. The number of carbonyl (C=O) groups is 1. The molecule has 19 heavy (non-hydrogen) atoms. The molecule has 2 heterocycles. The minimum atomic E-state index is -0.0628. The fraction of sp³-hybridized carbons (Fsp3) is 0.571. The molecule has 1 saturated heterocycles. The van der Waals surface area contributed by atoms with Crippen molar-refractivity contribution in [3.63, 3.8) is 0 Å². The molecule has 1 amide bonds. The Bertz CT molecular complexity index is 448. The van der Waals surface area contributed by atoms with Crippen molar-refractivity contribution in [3.8, 4) is 5.75 Å². The lowest BCUT2D eigenvalue weighted by molar-refractivity contribution is 0.0775. The second kappa shape index (κ2) is 6.02. The van der Waals surface area contributed by atoms with E-state index >= 15 is 0 Å². The van der Waals surface area contributed by atoms with Gasteiger partial charge in [0.1, 0.15) is 0 Å². The quantitative estimate of drug-likeness (QED) is 0.888. The molecular weight excluding hydrogens is 242 g/mol. The number of hydrogen-bond donors (Lipinski definition) is 1. The SMILES string of the molecule is CC(C)Oc1cccnc1C(=O)N1CCC(CN)C1. The molecule has 0 bridgehead atoms. The summed E-state index contributed by atoms with van der Waals surface area (Å²) in [4.78, 5) is 18.4. The molecule has 104 valence electrons. The van der Waals surface area contributed by atoms with E-state index in [2.05, 4.69) is 4.98 Å². The summed E-state index contributed by atoms with van der Waals surface area (Å²) < 4.78 is 5.64. The van der Waals surface area contributed by atoms with E-state index in [0.29, 0.717) is 30.5 Å². The van der Waals surface area contributed by atoms with Crippen LogP contribution in [0.3, 0.4) is 0 Å². The highest BCUT2D eigenvalue weighted by atomic mass is 16.5. The number of likely N-dealkylation sites (tertiary alicyclic amines) is 1. The summed E-state index contributed by atoms with van der Waals surface area (Å²) >= 11 is 0. The predicted octanol–water partition coefficient (Wildman–Crippen LogP) is 1.29. The van der Waals surface area contributed by atoms with E-state index in [4.69, 9.17) is 10.5 Å². The van der Waals surface area contributed by atoms with Gasteiger partial charge in [-0.1, -0.05) is 0 Å². The number of nitrogens with two attached hydrogens (primary N) is 1. The molecule has 1 atom stereocenters. The first-order valence-electron chi connectivity index (χ1n) is 6.72. The van der Waals surface area contributed by atoms with E-state index in [1.165, 1.54) is 0 Å². The number of aromatic nitrogens is 1. The number of rotatable bonds is 4. The first-order valence-corrected chi connectivity index (χ1v) is 6.72. The van der Waals surface area contributed by atoms with Gasteiger partial charge in [-0.25, -0.2) is 4.98 Å². The largest absolute Gasteiger partial charge is 0.489 e. The fourth-order valence-electron chi connectivity index (χ4n) is 2.26. The van der Waals surface area contributed by atoms with Crippen molar-refractivity contribution in [2.75, 3.05) is 19.6 Å². The molecule has 1 unspecified atom stereocenters. The van der Waals surface area contributed by atoms with E-state index < -0.39 is 0 Å².